The molecule has 134 valence electrons. The topological polar surface area (TPSA) is 38.5 Å². The molecule has 5 heteroatoms. The summed E-state index contributed by atoms with van der Waals surface area (Å²) in [6.45, 7) is 4.86. The van der Waals surface area contributed by atoms with Crippen molar-refractivity contribution in [3.8, 4) is 11.4 Å². The predicted octanol–water partition coefficient (Wildman–Crippen LogP) is 4.83. The van der Waals surface area contributed by atoms with Crippen LogP contribution in [0.5, 0.6) is 5.75 Å². The lowest BCUT2D eigenvalue weighted by Gasteiger charge is -2.11. The molecule has 0 fully saturated rings. The number of ether oxygens (including phenoxy) is 1. The molecule has 0 bridgehead atoms. The third-order valence-electron chi connectivity index (χ3n) is 4.32. The number of hydrazone groups is 1. The summed E-state index contributed by atoms with van der Waals surface area (Å²) in [4.78, 5) is 0. The van der Waals surface area contributed by atoms with Crippen LogP contribution in [0.1, 0.15) is 22.5 Å². The van der Waals surface area contributed by atoms with E-state index in [1.807, 2.05) is 30.5 Å². The van der Waals surface area contributed by atoms with E-state index in [1.165, 1.54) is 20.6 Å². The van der Waals surface area contributed by atoms with Crippen molar-refractivity contribution in [3.05, 3.63) is 80.7 Å². The van der Waals surface area contributed by atoms with Crippen molar-refractivity contribution >= 4 is 28.8 Å². The highest BCUT2D eigenvalue weighted by atomic mass is 127. The average Bonchev–Trinajstić information content (AvgIpc) is 2.93. The van der Waals surface area contributed by atoms with Gasteiger partial charge in [-0.3, -0.25) is 0 Å². The van der Waals surface area contributed by atoms with Gasteiger partial charge >= 0.3 is 0 Å². The molecule has 0 atom stereocenters. The Hall–Kier alpha value is -2.28. The maximum absolute atomic E-state index is 5.36. The number of benzene rings is 2. The van der Waals surface area contributed by atoms with Crippen LogP contribution in [0.4, 0.5) is 0 Å². The Labute approximate surface area is 168 Å². The second kappa shape index (κ2) is 8.40. The maximum Gasteiger partial charge on any atom is 0.123 e. The van der Waals surface area contributed by atoms with E-state index in [0.717, 1.165) is 16.9 Å². The van der Waals surface area contributed by atoms with E-state index >= 15 is 0 Å². The van der Waals surface area contributed by atoms with Gasteiger partial charge in [-0.25, -0.2) is 0 Å². The summed E-state index contributed by atoms with van der Waals surface area (Å²) >= 11 is 2.38. The van der Waals surface area contributed by atoms with Gasteiger partial charge in [-0.15, -0.1) is 0 Å². The zero-order valence-electron chi connectivity index (χ0n) is 15.2. The van der Waals surface area contributed by atoms with Crippen molar-refractivity contribution in [2.45, 2.75) is 20.4 Å². The van der Waals surface area contributed by atoms with Gasteiger partial charge in [-0.1, -0.05) is 30.3 Å². The Kier molecular flexibility index (Phi) is 5.98. The Morgan fingerprint density at radius 1 is 1.12 bits per heavy atom. The number of aryl methyl sites for hydroxylation is 1. The van der Waals surface area contributed by atoms with Crippen LogP contribution in [0.2, 0.25) is 0 Å². The van der Waals surface area contributed by atoms with Crippen LogP contribution in [0.15, 0.2) is 59.7 Å². The first kappa shape index (κ1) is 18.5. The Morgan fingerprint density at radius 2 is 1.85 bits per heavy atom. The zero-order chi connectivity index (χ0) is 18.5. The number of hydrogen-bond donors (Lipinski definition) is 1. The van der Waals surface area contributed by atoms with Gasteiger partial charge in [0.15, 0.2) is 0 Å². The van der Waals surface area contributed by atoms with Gasteiger partial charge in [0.25, 0.3) is 0 Å². The van der Waals surface area contributed by atoms with Crippen LogP contribution < -0.4 is 10.2 Å². The van der Waals surface area contributed by atoms with Gasteiger partial charge in [0, 0.05) is 26.1 Å². The zero-order valence-corrected chi connectivity index (χ0v) is 17.3. The normalized spacial score (nSPS) is 11.1. The number of hydrogen-bond acceptors (Lipinski definition) is 3. The molecule has 0 unspecified atom stereocenters. The average molecular weight is 459 g/mol. The summed E-state index contributed by atoms with van der Waals surface area (Å²) in [5.41, 5.74) is 8.86. The van der Waals surface area contributed by atoms with Gasteiger partial charge in [-0.05, 0) is 60.7 Å². The lowest BCUT2D eigenvalue weighted by Crippen LogP contribution is -2.07. The minimum atomic E-state index is 0.621. The van der Waals surface area contributed by atoms with E-state index in [0.29, 0.717) is 6.54 Å². The van der Waals surface area contributed by atoms with Crippen LogP contribution in [-0.2, 0) is 6.54 Å². The minimum Gasteiger partial charge on any atom is -0.496 e. The summed E-state index contributed by atoms with van der Waals surface area (Å²) in [7, 11) is 1.68. The molecule has 1 heterocycles. The van der Waals surface area contributed by atoms with Crippen molar-refractivity contribution in [2.24, 2.45) is 5.10 Å². The summed E-state index contributed by atoms with van der Waals surface area (Å²) in [6, 6.07) is 18.5. The first-order valence-corrected chi connectivity index (χ1v) is 9.51. The monoisotopic (exact) mass is 459 g/mol. The van der Waals surface area contributed by atoms with Crippen LogP contribution >= 0.6 is 22.6 Å². The quantitative estimate of drug-likeness (QED) is 0.326. The molecule has 26 heavy (non-hydrogen) atoms. The number of halogens is 1. The maximum atomic E-state index is 5.36. The molecule has 1 N–H and O–H groups in total. The smallest absolute Gasteiger partial charge is 0.123 e. The first-order chi connectivity index (χ1) is 12.6. The SMILES string of the molecule is COc1ccccc1CN/N=C\c1cc(C)n(-c2ccccc2I)c1C. The lowest BCUT2D eigenvalue weighted by molar-refractivity contribution is 0.408. The van der Waals surface area contributed by atoms with E-state index in [9.17, 15) is 0 Å². The lowest BCUT2D eigenvalue weighted by atomic mass is 10.2. The Balaban J connectivity index is 1.76. The van der Waals surface area contributed by atoms with Crippen molar-refractivity contribution in [1.82, 2.24) is 9.99 Å². The number of para-hydroxylation sites is 2. The van der Waals surface area contributed by atoms with Crippen molar-refractivity contribution in [2.75, 3.05) is 7.11 Å². The highest BCUT2D eigenvalue weighted by Crippen LogP contribution is 2.23. The van der Waals surface area contributed by atoms with Crippen LogP contribution in [0.25, 0.3) is 5.69 Å². The molecule has 4 nitrogen and oxygen atoms in total. The number of rotatable bonds is 6. The van der Waals surface area contributed by atoms with E-state index in [2.05, 4.69) is 81.9 Å². The largest absolute Gasteiger partial charge is 0.496 e. The van der Waals surface area contributed by atoms with E-state index < -0.39 is 0 Å². The highest BCUT2D eigenvalue weighted by molar-refractivity contribution is 14.1. The Morgan fingerprint density at radius 3 is 2.62 bits per heavy atom. The summed E-state index contributed by atoms with van der Waals surface area (Å²) < 4.78 is 8.86. The Bertz CT molecular complexity index is 931. The first-order valence-electron chi connectivity index (χ1n) is 8.43. The summed E-state index contributed by atoms with van der Waals surface area (Å²) in [5, 5.41) is 4.40. The molecule has 1 aromatic heterocycles. The van der Waals surface area contributed by atoms with Crippen molar-refractivity contribution in [3.63, 3.8) is 0 Å². The van der Waals surface area contributed by atoms with E-state index in [4.69, 9.17) is 4.74 Å². The second-order valence-corrected chi connectivity index (χ2v) is 7.18. The molecular formula is C21H22IN3O. The fraction of sp³-hybridized carbons (Fsp3) is 0.190. The van der Waals surface area contributed by atoms with E-state index in [1.54, 1.807) is 7.11 Å². The predicted molar refractivity (Wildman–Crippen MR) is 115 cm³/mol. The van der Waals surface area contributed by atoms with E-state index in [-0.39, 0.29) is 0 Å². The van der Waals surface area contributed by atoms with Crippen LogP contribution in [-0.4, -0.2) is 17.9 Å². The van der Waals surface area contributed by atoms with Crippen LogP contribution in [0.3, 0.4) is 0 Å². The van der Waals surface area contributed by atoms with Gasteiger partial charge in [0.05, 0.1) is 25.6 Å². The number of aromatic nitrogens is 1. The molecule has 0 aliphatic carbocycles. The molecule has 0 saturated heterocycles. The molecule has 0 aliphatic rings. The van der Waals surface area contributed by atoms with Crippen molar-refractivity contribution < 1.29 is 4.74 Å². The van der Waals surface area contributed by atoms with Gasteiger partial charge in [-0.2, -0.15) is 5.10 Å². The second-order valence-electron chi connectivity index (χ2n) is 6.02. The highest BCUT2D eigenvalue weighted by Gasteiger charge is 2.11. The summed E-state index contributed by atoms with van der Waals surface area (Å²) in [6.07, 6.45) is 1.88. The fourth-order valence-electron chi connectivity index (χ4n) is 3.02. The molecule has 2 aromatic carbocycles. The molecule has 0 saturated carbocycles. The summed E-state index contributed by atoms with van der Waals surface area (Å²) in [5.74, 6) is 0.868. The third-order valence-corrected chi connectivity index (χ3v) is 5.23. The number of nitrogens with one attached hydrogen (secondary N) is 1. The molecular weight excluding hydrogens is 437 g/mol. The molecule has 0 amide bonds. The molecule has 3 rings (SSSR count). The van der Waals surface area contributed by atoms with Gasteiger partial charge < -0.3 is 14.7 Å². The van der Waals surface area contributed by atoms with Crippen molar-refractivity contribution in [1.29, 1.82) is 0 Å². The standard InChI is InChI=1S/C21H22IN3O/c1-15-12-18(16(2)25(15)20-10-6-5-9-19(20)22)14-24-23-13-17-8-4-7-11-21(17)26-3/h4-12,14,23H,13H2,1-3H3/b24-14-. The fourth-order valence-corrected chi connectivity index (χ4v) is 3.65. The van der Waals surface area contributed by atoms with Gasteiger partial charge in [0.2, 0.25) is 0 Å². The van der Waals surface area contributed by atoms with Crippen LogP contribution in [0, 0.1) is 17.4 Å². The molecule has 3 aromatic rings. The van der Waals surface area contributed by atoms with Gasteiger partial charge in [0.1, 0.15) is 5.75 Å². The number of methoxy groups -OCH3 is 1. The molecule has 0 spiro atoms. The molecule has 0 aliphatic heterocycles. The number of nitrogens with zero attached hydrogens (tertiary/aromatic N) is 2. The minimum absolute atomic E-state index is 0.621. The molecule has 0 radical (unpaired) electrons. The third kappa shape index (κ3) is 3.93.